The molecule has 0 radical (unpaired) electrons. The number of fused-ring (bicyclic) bond motifs is 2. The van der Waals surface area contributed by atoms with E-state index in [0.717, 1.165) is 27.7 Å². The molecule has 0 fully saturated rings. The average Bonchev–Trinajstić information content (AvgIpc) is 3.09. The summed E-state index contributed by atoms with van der Waals surface area (Å²) in [4.78, 5) is 35.3. The molecule has 0 spiro atoms. The van der Waals surface area contributed by atoms with Crippen LogP contribution >= 0.6 is 23.2 Å². The zero-order valence-corrected chi connectivity index (χ0v) is 29.5. The molecule has 3 N–H and O–H groups in total. The van der Waals surface area contributed by atoms with E-state index >= 15 is 0 Å². The van der Waals surface area contributed by atoms with E-state index in [0.29, 0.717) is 77.4 Å². The SMILES string of the molecule is COc1cccc2c(Nc3ccc(C)c(NC(=O)Oc4ccc(N(CCCl)CCCl)cc4)c3)c3cccc(C(=O)NCCN(C)C)c3nc12. The predicted molar refractivity (Wildman–Crippen MR) is 201 cm³/mol. The number of rotatable bonds is 14. The molecule has 4 aromatic carbocycles. The Kier molecular flexibility index (Phi) is 12.0. The van der Waals surface area contributed by atoms with Crippen LogP contribution in [-0.2, 0) is 0 Å². The Balaban J connectivity index is 1.42. The number of anilines is 4. The summed E-state index contributed by atoms with van der Waals surface area (Å²) in [5.41, 5.74) is 5.43. The van der Waals surface area contributed by atoms with Crippen LogP contribution in [0.1, 0.15) is 15.9 Å². The fourth-order valence-corrected chi connectivity index (χ4v) is 5.86. The van der Waals surface area contributed by atoms with Gasteiger partial charge in [-0.15, -0.1) is 23.2 Å². The van der Waals surface area contributed by atoms with Gasteiger partial charge in [-0.05, 0) is 75.1 Å². The lowest BCUT2D eigenvalue weighted by molar-refractivity contribution is 0.0952. The quantitative estimate of drug-likeness (QED) is 0.0801. The fourth-order valence-electron chi connectivity index (χ4n) is 5.45. The molecule has 5 rings (SSSR count). The van der Waals surface area contributed by atoms with Crippen LogP contribution in [0.3, 0.4) is 0 Å². The molecule has 0 atom stereocenters. The molecule has 0 aliphatic heterocycles. The van der Waals surface area contributed by atoms with E-state index in [1.165, 1.54) is 0 Å². The summed E-state index contributed by atoms with van der Waals surface area (Å²) < 4.78 is 11.3. The van der Waals surface area contributed by atoms with Crippen molar-refractivity contribution in [2.24, 2.45) is 0 Å². The largest absolute Gasteiger partial charge is 0.494 e. The first-order chi connectivity index (χ1) is 23.7. The van der Waals surface area contributed by atoms with Crippen LogP contribution in [0, 0.1) is 6.92 Å². The number of methoxy groups -OCH3 is 1. The van der Waals surface area contributed by atoms with Crippen LogP contribution in [0.5, 0.6) is 11.5 Å². The van der Waals surface area contributed by atoms with Gasteiger partial charge < -0.3 is 29.9 Å². The van der Waals surface area contributed by atoms with Crippen LogP contribution in [0.2, 0.25) is 0 Å². The zero-order chi connectivity index (χ0) is 34.9. The maximum absolute atomic E-state index is 13.3. The van der Waals surface area contributed by atoms with E-state index in [4.69, 9.17) is 37.7 Å². The van der Waals surface area contributed by atoms with Gasteiger partial charge in [0.25, 0.3) is 5.91 Å². The highest BCUT2D eigenvalue weighted by atomic mass is 35.5. The Morgan fingerprint density at radius 3 is 2.22 bits per heavy atom. The van der Waals surface area contributed by atoms with Crippen molar-refractivity contribution in [2.45, 2.75) is 6.92 Å². The molecular formula is C37H40Cl2N6O4. The lowest BCUT2D eigenvalue weighted by Crippen LogP contribution is -2.31. The number of nitrogens with zero attached hydrogens (tertiary/aromatic N) is 3. The monoisotopic (exact) mass is 702 g/mol. The van der Waals surface area contributed by atoms with Crippen molar-refractivity contribution < 1.29 is 19.1 Å². The number of benzene rings is 4. The van der Waals surface area contributed by atoms with E-state index in [9.17, 15) is 9.59 Å². The third-order valence-corrected chi connectivity index (χ3v) is 8.31. The molecule has 0 aliphatic carbocycles. The van der Waals surface area contributed by atoms with Gasteiger partial charge in [0.2, 0.25) is 0 Å². The minimum Gasteiger partial charge on any atom is -0.494 e. The standard InChI is InChI=1S/C37H40Cl2N6O4/c1-24-11-12-25(23-31(24)42-37(47)49-27-15-13-26(14-16-27)45(20-17-38)21-18-39)41-33-28-7-5-9-30(36(46)40-19-22-44(2)3)34(28)43-35-29(33)8-6-10-32(35)48-4/h5-16,23H,17-22H2,1-4H3,(H,40,46)(H,41,43)(H,42,47). The van der Waals surface area contributed by atoms with E-state index < -0.39 is 6.09 Å². The Morgan fingerprint density at radius 2 is 1.55 bits per heavy atom. The number of pyridine rings is 1. The zero-order valence-electron chi connectivity index (χ0n) is 28.0. The summed E-state index contributed by atoms with van der Waals surface area (Å²) in [5, 5.41) is 11.0. The number of halogens is 2. The van der Waals surface area contributed by atoms with Gasteiger partial charge in [0.05, 0.1) is 23.9 Å². The maximum Gasteiger partial charge on any atom is 0.417 e. The number of carbonyl (C=O) groups excluding carboxylic acids is 2. The number of likely N-dealkylation sites (N-methyl/N-ethyl adjacent to an activating group) is 1. The smallest absolute Gasteiger partial charge is 0.417 e. The highest BCUT2D eigenvalue weighted by Crippen LogP contribution is 2.38. The molecule has 49 heavy (non-hydrogen) atoms. The molecule has 0 saturated heterocycles. The molecule has 0 aliphatic rings. The van der Waals surface area contributed by atoms with Gasteiger partial charge in [-0.25, -0.2) is 9.78 Å². The van der Waals surface area contributed by atoms with E-state index in [2.05, 4.69) is 20.9 Å². The first kappa shape index (κ1) is 35.5. The molecule has 1 heterocycles. The average molecular weight is 704 g/mol. The van der Waals surface area contributed by atoms with Gasteiger partial charge in [0.1, 0.15) is 17.0 Å². The van der Waals surface area contributed by atoms with Crippen LogP contribution in [0.4, 0.5) is 27.5 Å². The van der Waals surface area contributed by atoms with Crippen LogP contribution in [0.25, 0.3) is 21.8 Å². The summed E-state index contributed by atoms with van der Waals surface area (Å²) in [6.45, 7) is 4.42. The molecule has 2 amide bonds. The van der Waals surface area contributed by atoms with Gasteiger partial charge in [-0.1, -0.05) is 30.3 Å². The Morgan fingerprint density at radius 1 is 0.857 bits per heavy atom. The highest BCUT2D eigenvalue weighted by molar-refractivity contribution is 6.19. The van der Waals surface area contributed by atoms with E-state index in [1.54, 1.807) is 25.3 Å². The normalized spacial score (nSPS) is 11.1. The van der Waals surface area contributed by atoms with Gasteiger partial charge in [-0.2, -0.15) is 0 Å². The second kappa shape index (κ2) is 16.6. The predicted octanol–water partition coefficient (Wildman–Crippen LogP) is 7.63. The highest BCUT2D eigenvalue weighted by Gasteiger charge is 2.19. The van der Waals surface area contributed by atoms with Gasteiger partial charge in [0.15, 0.2) is 0 Å². The second-order valence-corrected chi connectivity index (χ2v) is 12.4. The van der Waals surface area contributed by atoms with Crippen molar-refractivity contribution in [1.82, 2.24) is 15.2 Å². The molecule has 10 nitrogen and oxygen atoms in total. The second-order valence-electron chi connectivity index (χ2n) is 11.6. The van der Waals surface area contributed by atoms with Crippen molar-refractivity contribution in [1.29, 1.82) is 0 Å². The molecule has 0 saturated carbocycles. The van der Waals surface area contributed by atoms with Gasteiger partial charge >= 0.3 is 6.09 Å². The molecule has 0 bridgehead atoms. The van der Waals surface area contributed by atoms with E-state index in [-0.39, 0.29) is 5.91 Å². The van der Waals surface area contributed by atoms with Crippen LogP contribution in [0.15, 0.2) is 78.9 Å². The number of hydrogen-bond acceptors (Lipinski definition) is 8. The first-order valence-electron chi connectivity index (χ1n) is 15.9. The third-order valence-electron chi connectivity index (χ3n) is 7.97. The van der Waals surface area contributed by atoms with Crippen LogP contribution in [-0.4, -0.2) is 81.0 Å². The number of nitrogens with one attached hydrogen (secondary N) is 3. The Bertz CT molecular complexity index is 1930. The summed E-state index contributed by atoms with van der Waals surface area (Å²) in [5.74, 6) is 1.72. The Labute approximate surface area is 296 Å². The molecule has 0 unspecified atom stereocenters. The van der Waals surface area contributed by atoms with Gasteiger partial charge in [-0.3, -0.25) is 10.1 Å². The molecular weight excluding hydrogens is 663 g/mol. The summed E-state index contributed by atoms with van der Waals surface area (Å²) in [6, 6.07) is 24.1. The minimum atomic E-state index is -0.624. The first-order valence-corrected chi connectivity index (χ1v) is 16.9. The fraction of sp³-hybridized carbons (Fsp3) is 0.270. The van der Waals surface area contributed by atoms with Crippen molar-refractivity contribution in [3.8, 4) is 11.5 Å². The number of aromatic nitrogens is 1. The number of carbonyl (C=O) groups is 2. The number of hydrogen-bond donors (Lipinski definition) is 3. The summed E-state index contributed by atoms with van der Waals surface area (Å²) in [6.07, 6.45) is -0.624. The topological polar surface area (TPSA) is 108 Å². The maximum atomic E-state index is 13.3. The van der Waals surface area contributed by atoms with E-state index in [1.807, 2.05) is 86.6 Å². The van der Waals surface area contributed by atoms with Crippen molar-refractivity contribution >= 4 is 79.8 Å². The number of ether oxygens (including phenoxy) is 2. The van der Waals surface area contributed by atoms with Crippen LogP contribution < -0.4 is 30.3 Å². The molecule has 1 aromatic heterocycles. The van der Waals surface area contributed by atoms with Crippen molar-refractivity contribution in [2.75, 3.05) is 74.7 Å². The van der Waals surface area contributed by atoms with Gasteiger partial charge in [0, 0.05) is 65.8 Å². The minimum absolute atomic E-state index is 0.210. The lowest BCUT2D eigenvalue weighted by atomic mass is 10.0. The lowest BCUT2D eigenvalue weighted by Gasteiger charge is -2.22. The van der Waals surface area contributed by atoms with Crippen molar-refractivity contribution in [3.05, 3.63) is 90.0 Å². The van der Waals surface area contributed by atoms with Crippen molar-refractivity contribution in [3.63, 3.8) is 0 Å². The number of aryl methyl sites for hydroxylation is 1. The molecule has 12 heteroatoms. The summed E-state index contributed by atoms with van der Waals surface area (Å²) >= 11 is 11.9. The Hall–Kier alpha value is -4.77. The molecule has 256 valence electrons. The third kappa shape index (κ3) is 8.64. The number of para-hydroxylation sites is 2. The summed E-state index contributed by atoms with van der Waals surface area (Å²) in [7, 11) is 5.51. The molecule has 5 aromatic rings. The number of alkyl halides is 2. The number of amides is 2.